The molecule has 0 saturated carbocycles. The molecule has 0 atom stereocenters. The molecule has 1 aromatic carbocycles. The molecule has 0 amide bonds. The van der Waals surface area contributed by atoms with Gasteiger partial charge in [0.25, 0.3) is 5.89 Å². The fourth-order valence-electron chi connectivity index (χ4n) is 2.66. The Hall–Kier alpha value is -3.42. The second kappa shape index (κ2) is 7.30. The van der Waals surface area contributed by atoms with Gasteiger partial charge in [0.2, 0.25) is 11.8 Å². The van der Waals surface area contributed by atoms with E-state index in [-0.39, 0.29) is 6.61 Å². The van der Waals surface area contributed by atoms with Crippen molar-refractivity contribution in [3.05, 3.63) is 48.1 Å². The summed E-state index contributed by atoms with van der Waals surface area (Å²) in [4.78, 5) is 18.7. The highest BCUT2D eigenvalue weighted by Crippen LogP contribution is 2.24. The molecule has 8 heteroatoms. The molecule has 3 aromatic heterocycles. The first-order valence-corrected chi connectivity index (χ1v) is 9.10. The molecule has 0 aliphatic heterocycles. The van der Waals surface area contributed by atoms with Crippen molar-refractivity contribution in [3.8, 4) is 17.1 Å². The Morgan fingerprint density at radius 3 is 2.79 bits per heavy atom. The molecule has 0 aliphatic rings. The van der Waals surface area contributed by atoms with Crippen LogP contribution < -0.4 is 9.64 Å². The van der Waals surface area contributed by atoms with E-state index in [2.05, 4.69) is 43.8 Å². The van der Waals surface area contributed by atoms with Crippen molar-refractivity contribution in [2.75, 3.05) is 11.9 Å². The summed E-state index contributed by atoms with van der Waals surface area (Å²) in [6, 6.07) is 9.95. The third-order valence-corrected chi connectivity index (χ3v) is 4.55. The number of pyridine rings is 1. The number of ether oxygens (including phenoxy) is 1. The smallest absolute Gasteiger partial charge is 0.264 e. The predicted octanol–water partition coefficient (Wildman–Crippen LogP) is 3.74. The number of aromatic amines is 1. The lowest BCUT2D eigenvalue weighted by atomic mass is 10.2. The topological polar surface area (TPSA) is 93.0 Å². The maximum atomic E-state index is 5.64. The number of hydrogen-bond donors (Lipinski definition) is 1. The highest BCUT2D eigenvalue weighted by Gasteiger charge is 2.13. The number of hydrogen-bond acceptors (Lipinski definition) is 7. The van der Waals surface area contributed by atoms with Crippen LogP contribution in [0.15, 0.2) is 41.1 Å². The standard InChI is InChI=1S/C20H22N6O2/c1-12(2)26(4)20-22-16-8-6-14(9-17(16)23-20)19-24-18(28-25-19)11-27-15-7-5-13(3)21-10-15/h5-10,12H,11H2,1-4H3,(H,22,23). The van der Waals surface area contributed by atoms with Gasteiger partial charge in [-0.2, -0.15) is 4.98 Å². The number of fused-ring (bicyclic) bond motifs is 1. The molecule has 0 spiro atoms. The first kappa shape index (κ1) is 18.0. The van der Waals surface area contributed by atoms with Crippen LogP contribution in [0, 0.1) is 6.92 Å². The summed E-state index contributed by atoms with van der Waals surface area (Å²) in [7, 11) is 2.01. The fourth-order valence-corrected chi connectivity index (χ4v) is 2.66. The Labute approximate surface area is 162 Å². The van der Waals surface area contributed by atoms with Crippen molar-refractivity contribution in [1.82, 2.24) is 25.1 Å². The van der Waals surface area contributed by atoms with Gasteiger partial charge in [0.1, 0.15) is 5.75 Å². The SMILES string of the molecule is Cc1ccc(OCc2nc(-c3ccc4nc(N(C)C(C)C)[nH]c4c3)no2)cn1. The molecule has 3 heterocycles. The van der Waals surface area contributed by atoms with Crippen LogP contribution in [0.2, 0.25) is 0 Å². The Balaban J connectivity index is 1.51. The summed E-state index contributed by atoms with van der Waals surface area (Å²) in [5, 5.41) is 4.06. The quantitative estimate of drug-likeness (QED) is 0.546. The lowest BCUT2D eigenvalue weighted by molar-refractivity contribution is 0.242. The molecular formula is C20H22N6O2. The van der Waals surface area contributed by atoms with E-state index in [9.17, 15) is 0 Å². The van der Waals surface area contributed by atoms with Crippen LogP contribution in [0.25, 0.3) is 22.4 Å². The molecule has 0 bridgehead atoms. The summed E-state index contributed by atoms with van der Waals surface area (Å²) in [6.07, 6.45) is 1.67. The average molecular weight is 378 g/mol. The number of nitrogens with one attached hydrogen (secondary N) is 1. The molecule has 1 N–H and O–H groups in total. The maximum absolute atomic E-state index is 5.64. The van der Waals surface area contributed by atoms with Crippen LogP contribution in [0.5, 0.6) is 5.75 Å². The van der Waals surface area contributed by atoms with Gasteiger partial charge in [-0.1, -0.05) is 5.16 Å². The molecule has 0 fully saturated rings. The summed E-state index contributed by atoms with van der Waals surface area (Å²) in [5.41, 5.74) is 3.60. The van der Waals surface area contributed by atoms with Gasteiger partial charge in [-0.3, -0.25) is 4.98 Å². The molecule has 144 valence electrons. The van der Waals surface area contributed by atoms with Crippen molar-refractivity contribution in [1.29, 1.82) is 0 Å². The van der Waals surface area contributed by atoms with Gasteiger partial charge in [0.15, 0.2) is 6.61 Å². The first-order chi connectivity index (χ1) is 13.5. The third kappa shape index (κ3) is 3.66. The lowest BCUT2D eigenvalue weighted by Crippen LogP contribution is -2.26. The van der Waals surface area contributed by atoms with Gasteiger partial charge in [-0.05, 0) is 51.1 Å². The van der Waals surface area contributed by atoms with Crippen molar-refractivity contribution in [2.45, 2.75) is 33.4 Å². The van der Waals surface area contributed by atoms with Crippen molar-refractivity contribution in [2.24, 2.45) is 0 Å². The number of H-pyrrole nitrogens is 1. The molecule has 8 nitrogen and oxygen atoms in total. The van der Waals surface area contributed by atoms with Crippen molar-refractivity contribution >= 4 is 17.0 Å². The minimum atomic E-state index is 0.188. The van der Waals surface area contributed by atoms with Gasteiger partial charge in [-0.15, -0.1) is 0 Å². The summed E-state index contributed by atoms with van der Waals surface area (Å²) >= 11 is 0. The van der Waals surface area contributed by atoms with E-state index in [1.165, 1.54) is 0 Å². The van der Waals surface area contributed by atoms with Crippen LogP contribution in [-0.2, 0) is 6.61 Å². The van der Waals surface area contributed by atoms with E-state index in [1.54, 1.807) is 6.20 Å². The largest absolute Gasteiger partial charge is 0.482 e. The van der Waals surface area contributed by atoms with Crippen molar-refractivity contribution < 1.29 is 9.26 Å². The van der Waals surface area contributed by atoms with Crippen molar-refractivity contribution in [3.63, 3.8) is 0 Å². The second-order valence-electron chi connectivity index (χ2n) is 6.93. The molecule has 0 saturated heterocycles. The third-order valence-electron chi connectivity index (χ3n) is 4.55. The number of aromatic nitrogens is 5. The summed E-state index contributed by atoms with van der Waals surface area (Å²) < 4.78 is 10.9. The highest BCUT2D eigenvalue weighted by molar-refractivity contribution is 5.82. The van der Waals surface area contributed by atoms with Crippen LogP contribution in [-0.4, -0.2) is 38.2 Å². The van der Waals surface area contributed by atoms with Crippen LogP contribution in [0.3, 0.4) is 0 Å². The molecule has 0 radical (unpaired) electrons. The number of rotatable bonds is 6. The zero-order chi connectivity index (χ0) is 19.7. The molecule has 4 rings (SSSR count). The minimum absolute atomic E-state index is 0.188. The molecule has 0 aliphatic carbocycles. The number of nitrogens with zero attached hydrogens (tertiary/aromatic N) is 5. The van der Waals surface area contributed by atoms with E-state index >= 15 is 0 Å². The lowest BCUT2D eigenvalue weighted by Gasteiger charge is -2.19. The van der Waals surface area contributed by atoms with E-state index in [0.717, 1.165) is 28.2 Å². The number of benzene rings is 1. The van der Waals surface area contributed by atoms with E-state index < -0.39 is 0 Å². The van der Waals surface area contributed by atoms with E-state index in [4.69, 9.17) is 9.26 Å². The Bertz CT molecular complexity index is 1080. The molecule has 0 unspecified atom stereocenters. The Morgan fingerprint density at radius 1 is 1.18 bits per heavy atom. The average Bonchev–Trinajstić information content (AvgIpc) is 3.33. The number of aryl methyl sites for hydroxylation is 1. The summed E-state index contributed by atoms with van der Waals surface area (Å²) in [5.74, 6) is 2.40. The zero-order valence-corrected chi connectivity index (χ0v) is 16.3. The van der Waals surface area contributed by atoms with Gasteiger partial charge >= 0.3 is 0 Å². The van der Waals surface area contributed by atoms with Gasteiger partial charge < -0.3 is 19.1 Å². The minimum Gasteiger partial charge on any atom is -0.482 e. The number of anilines is 1. The first-order valence-electron chi connectivity index (χ1n) is 9.10. The Morgan fingerprint density at radius 2 is 2.04 bits per heavy atom. The fraction of sp³-hybridized carbons (Fsp3) is 0.300. The second-order valence-corrected chi connectivity index (χ2v) is 6.93. The maximum Gasteiger partial charge on any atom is 0.264 e. The Kier molecular flexibility index (Phi) is 4.68. The zero-order valence-electron chi connectivity index (χ0n) is 16.3. The number of imidazole rings is 1. The van der Waals surface area contributed by atoms with E-state index in [0.29, 0.717) is 23.5 Å². The van der Waals surface area contributed by atoms with Crippen LogP contribution in [0.1, 0.15) is 25.4 Å². The van der Waals surface area contributed by atoms with Crippen LogP contribution in [0.4, 0.5) is 5.95 Å². The normalized spacial score (nSPS) is 11.3. The highest BCUT2D eigenvalue weighted by atomic mass is 16.5. The summed E-state index contributed by atoms with van der Waals surface area (Å²) in [6.45, 7) is 6.35. The monoisotopic (exact) mass is 378 g/mol. The van der Waals surface area contributed by atoms with Crippen LogP contribution >= 0.6 is 0 Å². The predicted molar refractivity (Wildman–Crippen MR) is 106 cm³/mol. The van der Waals surface area contributed by atoms with Gasteiger partial charge in [-0.25, -0.2) is 4.98 Å². The van der Waals surface area contributed by atoms with E-state index in [1.807, 2.05) is 44.3 Å². The molecule has 28 heavy (non-hydrogen) atoms. The van der Waals surface area contributed by atoms with Gasteiger partial charge in [0, 0.05) is 24.3 Å². The molecule has 4 aromatic rings. The van der Waals surface area contributed by atoms with Gasteiger partial charge in [0.05, 0.1) is 17.2 Å². The molecular weight excluding hydrogens is 356 g/mol.